The summed E-state index contributed by atoms with van der Waals surface area (Å²) in [4.78, 5) is 10.7. The zero-order chi connectivity index (χ0) is 15.0. The van der Waals surface area contributed by atoms with Crippen LogP contribution in [0.2, 0.25) is 0 Å². The fourth-order valence-corrected chi connectivity index (χ4v) is 1.69. The van der Waals surface area contributed by atoms with Gasteiger partial charge in [0.2, 0.25) is 5.91 Å². The van der Waals surface area contributed by atoms with Gasteiger partial charge in [-0.25, -0.2) is 0 Å². The molecule has 0 saturated carbocycles. The van der Waals surface area contributed by atoms with Crippen LogP contribution in [-0.4, -0.2) is 38.3 Å². The molecule has 110 valence electrons. The molecule has 0 atom stereocenters. The number of nitrogens with one attached hydrogen (secondary N) is 3. The van der Waals surface area contributed by atoms with E-state index in [0.717, 1.165) is 5.69 Å². The summed E-state index contributed by atoms with van der Waals surface area (Å²) in [7, 11) is 3.17. The van der Waals surface area contributed by atoms with Gasteiger partial charge in [0.15, 0.2) is 5.11 Å². The quantitative estimate of drug-likeness (QED) is 0.540. The van der Waals surface area contributed by atoms with E-state index < -0.39 is 0 Å². The molecule has 6 nitrogen and oxygen atoms in total. The number of benzene rings is 1. The van der Waals surface area contributed by atoms with Crippen molar-refractivity contribution in [2.24, 2.45) is 0 Å². The second kappa shape index (κ2) is 8.21. The molecule has 0 fully saturated rings. The lowest BCUT2D eigenvalue weighted by Gasteiger charge is -2.14. The van der Waals surface area contributed by atoms with E-state index in [2.05, 4.69) is 16.0 Å². The zero-order valence-corrected chi connectivity index (χ0v) is 12.6. The number of ether oxygens (including phenoxy) is 2. The minimum atomic E-state index is -0.0671. The first kappa shape index (κ1) is 16.0. The smallest absolute Gasteiger partial charge is 0.216 e. The molecule has 0 aromatic heterocycles. The number of amides is 1. The van der Waals surface area contributed by atoms with Gasteiger partial charge in [0, 0.05) is 26.1 Å². The molecule has 20 heavy (non-hydrogen) atoms. The number of hydrogen-bond acceptors (Lipinski definition) is 4. The highest BCUT2D eigenvalue weighted by atomic mass is 32.1. The third-order valence-electron chi connectivity index (χ3n) is 2.44. The molecule has 0 spiro atoms. The van der Waals surface area contributed by atoms with Crippen molar-refractivity contribution < 1.29 is 14.3 Å². The standard InChI is InChI=1S/C13H19N3O3S/c1-9(17)14-6-7-15-13(20)16-11-5-4-10(18-2)8-12(11)19-3/h4-5,8H,6-7H2,1-3H3,(H,14,17)(H2,15,16,20). The van der Waals surface area contributed by atoms with Gasteiger partial charge in [-0.05, 0) is 24.4 Å². The van der Waals surface area contributed by atoms with Crippen LogP contribution in [0.3, 0.4) is 0 Å². The van der Waals surface area contributed by atoms with Gasteiger partial charge >= 0.3 is 0 Å². The van der Waals surface area contributed by atoms with Gasteiger partial charge in [-0.2, -0.15) is 0 Å². The second-order valence-corrected chi connectivity index (χ2v) is 4.34. The van der Waals surface area contributed by atoms with Crippen LogP contribution in [0, 0.1) is 0 Å². The molecule has 0 radical (unpaired) electrons. The molecule has 3 N–H and O–H groups in total. The Hall–Kier alpha value is -2.02. The number of hydrogen-bond donors (Lipinski definition) is 3. The molecule has 1 amide bonds. The SMILES string of the molecule is COc1ccc(NC(=S)NCCNC(C)=O)c(OC)c1. The number of thiocarbonyl (C=S) groups is 1. The molecule has 0 aliphatic rings. The monoisotopic (exact) mass is 297 g/mol. The van der Waals surface area contributed by atoms with Crippen LogP contribution in [0.5, 0.6) is 11.5 Å². The van der Waals surface area contributed by atoms with Gasteiger partial charge in [-0.15, -0.1) is 0 Å². The van der Waals surface area contributed by atoms with E-state index in [1.54, 1.807) is 20.3 Å². The average molecular weight is 297 g/mol. The molecule has 0 saturated heterocycles. The average Bonchev–Trinajstić information content (AvgIpc) is 2.43. The topological polar surface area (TPSA) is 71.6 Å². The summed E-state index contributed by atoms with van der Waals surface area (Å²) in [6.07, 6.45) is 0. The molecule has 1 aromatic rings. The first-order valence-corrected chi connectivity index (χ1v) is 6.49. The largest absolute Gasteiger partial charge is 0.497 e. The van der Waals surface area contributed by atoms with E-state index in [1.807, 2.05) is 12.1 Å². The van der Waals surface area contributed by atoms with Crippen LogP contribution >= 0.6 is 12.2 Å². The summed E-state index contributed by atoms with van der Waals surface area (Å²) in [5, 5.41) is 9.14. The van der Waals surface area contributed by atoms with Gasteiger partial charge in [0.25, 0.3) is 0 Å². The molecule has 0 heterocycles. The van der Waals surface area contributed by atoms with Crippen LogP contribution in [0.1, 0.15) is 6.92 Å². The van der Waals surface area contributed by atoms with Crippen molar-refractivity contribution in [2.45, 2.75) is 6.92 Å². The van der Waals surface area contributed by atoms with Gasteiger partial charge in [-0.3, -0.25) is 4.79 Å². The molecule has 0 aliphatic carbocycles. The summed E-state index contributed by atoms with van der Waals surface area (Å²) in [6, 6.07) is 5.40. The van der Waals surface area contributed by atoms with E-state index in [-0.39, 0.29) is 5.91 Å². The summed E-state index contributed by atoms with van der Waals surface area (Å²) >= 11 is 5.16. The number of carbonyl (C=O) groups is 1. The van der Waals surface area contributed by atoms with Crippen LogP contribution in [0.25, 0.3) is 0 Å². The minimum Gasteiger partial charge on any atom is -0.497 e. The van der Waals surface area contributed by atoms with E-state index in [0.29, 0.717) is 29.7 Å². The maximum absolute atomic E-state index is 10.7. The lowest BCUT2D eigenvalue weighted by molar-refractivity contribution is -0.118. The minimum absolute atomic E-state index is 0.0671. The van der Waals surface area contributed by atoms with Crippen molar-refractivity contribution >= 4 is 28.9 Å². The molecular weight excluding hydrogens is 278 g/mol. The van der Waals surface area contributed by atoms with Crippen LogP contribution < -0.4 is 25.4 Å². The molecule has 1 rings (SSSR count). The first-order valence-electron chi connectivity index (χ1n) is 6.08. The Morgan fingerprint density at radius 1 is 1.20 bits per heavy atom. The number of rotatable bonds is 6. The van der Waals surface area contributed by atoms with Crippen molar-refractivity contribution in [1.29, 1.82) is 0 Å². The number of methoxy groups -OCH3 is 2. The van der Waals surface area contributed by atoms with Crippen molar-refractivity contribution in [3.8, 4) is 11.5 Å². The van der Waals surface area contributed by atoms with Crippen LogP contribution in [-0.2, 0) is 4.79 Å². The van der Waals surface area contributed by atoms with Crippen LogP contribution in [0.4, 0.5) is 5.69 Å². The predicted octanol–water partition coefficient (Wildman–Crippen LogP) is 1.13. The molecule has 7 heteroatoms. The summed E-state index contributed by atoms with van der Waals surface area (Å²) in [5.41, 5.74) is 0.741. The second-order valence-electron chi connectivity index (χ2n) is 3.93. The number of anilines is 1. The highest BCUT2D eigenvalue weighted by Gasteiger charge is 2.06. The van der Waals surface area contributed by atoms with Crippen molar-refractivity contribution in [1.82, 2.24) is 10.6 Å². The highest BCUT2D eigenvalue weighted by Crippen LogP contribution is 2.28. The Bertz CT molecular complexity index is 480. The molecule has 1 aromatic carbocycles. The maximum atomic E-state index is 10.7. The normalized spacial score (nSPS) is 9.55. The fraction of sp³-hybridized carbons (Fsp3) is 0.385. The first-order chi connectivity index (χ1) is 9.56. The zero-order valence-electron chi connectivity index (χ0n) is 11.8. The van der Waals surface area contributed by atoms with Crippen LogP contribution in [0.15, 0.2) is 18.2 Å². The van der Waals surface area contributed by atoms with Gasteiger partial charge in [0.1, 0.15) is 11.5 Å². The van der Waals surface area contributed by atoms with E-state index >= 15 is 0 Å². The maximum Gasteiger partial charge on any atom is 0.216 e. The lowest BCUT2D eigenvalue weighted by atomic mass is 10.2. The Morgan fingerprint density at radius 3 is 2.50 bits per heavy atom. The highest BCUT2D eigenvalue weighted by molar-refractivity contribution is 7.80. The Labute approximate surface area is 123 Å². The fourth-order valence-electron chi connectivity index (χ4n) is 1.48. The van der Waals surface area contributed by atoms with Crippen molar-refractivity contribution in [2.75, 3.05) is 32.6 Å². The summed E-state index contributed by atoms with van der Waals surface area (Å²) in [5.74, 6) is 1.27. The van der Waals surface area contributed by atoms with E-state index in [9.17, 15) is 4.79 Å². The summed E-state index contributed by atoms with van der Waals surface area (Å²) in [6.45, 7) is 2.53. The molecule has 0 unspecified atom stereocenters. The van der Waals surface area contributed by atoms with Gasteiger partial charge in [0.05, 0.1) is 19.9 Å². The lowest BCUT2D eigenvalue weighted by Crippen LogP contribution is -2.35. The van der Waals surface area contributed by atoms with E-state index in [1.165, 1.54) is 6.92 Å². The molecular formula is C13H19N3O3S. The third-order valence-corrected chi connectivity index (χ3v) is 2.69. The van der Waals surface area contributed by atoms with Crippen molar-refractivity contribution in [3.63, 3.8) is 0 Å². The van der Waals surface area contributed by atoms with E-state index in [4.69, 9.17) is 21.7 Å². The summed E-state index contributed by atoms with van der Waals surface area (Å²) < 4.78 is 10.4. The Balaban J connectivity index is 2.51. The Morgan fingerprint density at radius 2 is 1.90 bits per heavy atom. The predicted molar refractivity (Wildman–Crippen MR) is 82.5 cm³/mol. The molecule has 0 aliphatic heterocycles. The number of carbonyl (C=O) groups excluding carboxylic acids is 1. The van der Waals surface area contributed by atoms with Gasteiger partial charge in [-0.1, -0.05) is 0 Å². The Kier molecular flexibility index (Phi) is 6.58. The third kappa shape index (κ3) is 5.31. The van der Waals surface area contributed by atoms with Crippen molar-refractivity contribution in [3.05, 3.63) is 18.2 Å². The van der Waals surface area contributed by atoms with Gasteiger partial charge < -0.3 is 25.4 Å². The molecule has 0 bridgehead atoms.